The predicted molar refractivity (Wildman–Crippen MR) is 70.9 cm³/mol. The van der Waals surface area contributed by atoms with Crippen molar-refractivity contribution in [2.75, 3.05) is 34.2 Å². The summed E-state index contributed by atoms with van der Waals surface area (Å²) in [6.45, 7) is 4.13. The number of furan rings is 1. The third-order valence-corrected chi connectivity index (χ3v) is 2.92. The fourth-order valence-electron chi connectivity index (χ4n) is 2.11. The molecule has 17 heavy (non-hydrogen) atoms. The van der Waals surface area contributed by atoms with Crippen molar-refractivity contribution in [3.05, 3.63) is 24.2 Å². The van der Waals surface area contributed by atoms with Crippen LogP contribution in [0.25, 0.3) is 0 Å². The first-order chi connectivity index (χ1) is 8.02. The van der Waals surface area contributed by atoms with Gasteiger partial charge in [-0.15, -0.1) is 0 Å². The van der Waals surface area contributed by atoms with E-state index in [0.717, 1.165) is 25.3 Å². The maximum atomic E-state index is 6.05. The first-order valence-corrected chi connectivity index (χ1v) is 6.16. The molecule has 0 spiro atoms. The van der Waals surface area contributed by atoms with Gasteiger partial charge in [-0.05, 0) is 59.7 Å². The largest absolute Gasteiger partial charge is 0.468 e. The molecule has 2 N–H and O–H groups in total. The summed E-state index contributed by atoms with van der Waals surface area (Å²) in [6, 6.07) is 4.13. The molecule has 0 aliphatic carbocycles. The smallest absolute Gasteiger partial charge is 0.122 e. The van der Waals surface area contributed by atoms with Crippen LogP contribution in [0.5, 0.6) is 0 Å². The first kappa shape index (κ1) is 14.2. The van der Waals surface area contributed by atoms with E-state index in [0.29, 0.717) is 0 Å². The van der Waals surface area contributed by atoms with Crippen LogP contribution in [0.4, 0.5) is 0 Å². The van der Waals surface area contributed by atoms with Gasteiger partial charge in [-0.2, -0.15) is 0 Å². The van der Waals surface area contributed by atoms with Crippen molar-refractivity contribution in [2.24, 2.45) is 5.73 Å². The van der Waals surface area contributed by atoms with E-state index in [-0.39, 0.29) is 12.1 Å². The molecule has 0 saturated carbocycles. The Kier molecular flexibility index (Phi) is 5.68. The predicted octanol–water partition coefficient (Wildman–Crippen LogP) is 1.55. The molecule has 1 heterocycles. The van der Waals surface area contributed by atoms with Gasteiger partial charge in [-0.25, -0.2) is 0 Å². The molecule has 0 fully saturated rings. The molecular weight excluding hydrogens is 214 g/mol. The third kappa shape index (κ3) is 4.50. The second-order valence-electron chi connectivity index (χ2n) is 4.96. The summed E-state index contributed by atoms with van der Waals surface area (Å²) >= 11 is 0. The van der Waals surface area contributed by atoms with E-state index in [1.54, 1.807) is 6.26 Å². The zero-order valence-electron chi connectivity index (χ0n) is 11.4. The number of hydrogen-bond acceptors (Lipinski definition) is 4. The number of rotatable bonds is 7. The summed E-state index contributed by atoms with van der Waals surface area (Å²) < 4.78 is 5.47. The van der Waals surface area contributed by atoms with Crippen LogP contribution in [0.2, 0.25) is 0 Å². The minimum Gasteiger partial charge on any atom is -0.468 e. The van der Waals surface area contributed by atoms with Gasteiger partial charge in [0.05, 0.1) is 12.3 Å². The highest BCUT2D eigenvalue weighted by molar-refractivity contribution is 5.07. The highest BCUT2D eigenvalue weighted by Crippen LogP contribution is 2.22. The van der Waals surface area contributed by atoms with Gasteiger partial charge in [0.2, 0.25) is 0 Å². The van der Waals surface area contributed by atoms with Gasteiger partial charge < -0.3 is 15.1 Å². The molecule has 4 nitrogen and oxygen atoms in total. The fraction of sp³-hybridized carbons (Fsp3) is 0.692. The maximum absolute atomic E-state index is 6.05. The first-order valence-electron chi connectivity index (χ1n) is 6.16. The van der Waals surface area contributed by atoms with Crippen LogP contribution in [0.3, 0.4) is 0 Å². The summed E-state index contributed by atoms with van der Waals surface area (Å²) in [5, 5.41) is 0. The molecule has 1 aromatic rings. The van der Waals surface area contributed by atoms with Crippen molar-refractivity contribution in [3.8, 4) is 0 Å². The summed E-state index contributed by atoms with van der Waals surface area (Å²) in [4.78, 5) is 4.47. The van der Waals surface area contributed by atoms with Gasteiger partial charge in [0.1, 0.15) is 5.76 Å². The Labute approximate surface area is 104 Å². The number of nitrogens with zero attached hydrogens (tertiary/aromatic N) is 2. The zero-order chi connectivity index (χ0) is 12.8. The Bertz CT molecular complexity index is 296. The lowest BCUT2D eigenvalue weighted by Gasteiger charge is -2.29. The topological polar surface area (TPSA) is 45.6 Å². The highest BCUT2D eigenvalue weighted by Gasteiger charge is 2.23. The molecule has 0 bridgehead atoms. The van der Waals surface area contributed by atoms with Crippen LogP contribution < -0.4 is 5.73 Å². The summed E-state index contributed by atoms with van der Waals surface area (Å²) in [7, 11) is 6.29. The Balaban J connectivity index is 2.53. The Morgan fingerprint density at radius 1 is 1.29 bits per heavy atom. The molecule has 0 saturated heterocycles. The van der Waals surface area contributed by atoms with E-state index in [1.807, 2.05) is 19.1 Å². The van der Waals surface area contributed by atoms with Gasteiger partial charge in [0.25, 0.3) is 0 Å². The maximum Gasteiger partial charge on any atom is 0.122 e. The van der Waals surface area contributed by atoms with Gasteiger partial charge in [0.15, 0.2) is 0 Å². The number of likely N-dealkylation sites (N-methyl/N-ethyl adjacent to an activating group) is 1. The Hall–Kier alpha value is -0.840. The molecule has 2 atom stereocenters. The van der Waals surface area contributed by atoms with Gasteiger partial charge >= 0.3 is 0 Å². The van der Waals surface area contributed by atoms with Crippen molar-refractivity contribution >= 4 is 0 Å². The molecule has 1 rings (SSSR count). The SMILES string of the molecule is CC(N)C(c1ccco1)N(C)CCCN(C)C. The monoisotopic (exact) mass is 239 g/mol. The normalized spacial score (nSPS) is 15.5. The van der Waals surface area contributed by atoms with E-state index in [9.17, 15) is 0 Å². The average molecular weight is 239 g/mol. The van der Waals surface area contributed by atoms with Crippen LogP contribution in [-0.4, -0.2) is 50.1 Å². The molecule has 4 heteroatoms. The molecule has 0 aromatic carbocycles. The van der Waals surface area contributed by atoms with Gasteiger partial charge in [-0.1, -0.05) is 0 Å². The van der Waals surface area contributed by atoms with Crippen molar-refractivity contribution in [1.82, 2.24) is 9.80 Å². The second-order valence-corrected chi connectivity index (χ2v) is 4.96. The lowest BCUT2D eigenvalue weighted by molar-refractivity contribution is 0.184. The van der Waals surface area contributed by atoms with Crippen LogP contribution in [0.15, 0.2) is 22.8 Å². The Morgan fingerprint density at radius 3 is 2.47 bits per heavy atom. The second kappa shape index (κ2) is 6.79. The molecule has 0 aliphatic rings. The van der Waals surface area contributed by atoms with Crippen LogP contribution in [0.1, 0.15) is 25.1 Å². The standard InChI is InChI=1S/C13H25N3O/c1-11(14)13(12-7-5-10-17-12)16(4)9-6-8-15(2)3/h5,7,10-11,13H,6,8-9,14H2,1-4H3. The summed E-state index contributed by atoms with van der Waals surface area (Å²) in [5.74, 6) is 0.951. The quantitative estimate of drug-likeness (QED) is 0.784. The number of hydrogen-bond donors (Lipinski definition) is 1. The lowest BCUT2D eigenvalue weighted by atomic mass is 10.1. The Morgan fingerprint density at radius 2 is 2.00 bits per heavy atom. The van der Waals surface area contributed by atoms with E-state index in [1.165, 1.54) is 0 Å². The van der Waals surface area contributed by atoms with E-state index >= 15 is 0 Å². The van der Waals surface area contributed by atoms with Crippen LogP contribution >= 0.6 is 0 Å². The molecular formula is C13H25N3O. The molecule has 0 aliphatic heterocycles. The zero-order valence-corrected chi connectivity index (χ0v) is 11.4. The van der Waals surface area contributed by atoms with Crippen LogP contribution in [-0.2, 0) is 0 Å². The van der Waals surface area contributed by atoms with Crippen molar-refractivity contribution in [3.63, 3.8) is 0 Å². The van der Waals surface area contributed by atoms with Crippen molar-refractivity contribution in [1.29, 1.82) is 0 Å². The molecule has 0 radical (unpaired) electrons. The fourth-order valence-corrected chi connectivity index (χ4v) is 2.11. The van der Waals surface area contributed by atoms with E-state index < -0.39 is 0 Å². The van der Waals surface area contributed by atoms with E-state index in [2.05, 4.69) is 30.9 Å². The van der Waals surface area contributed by atoms with Crippen molar-refractivity contribution < 1.29 is 4.42 Å². The average Bonchev–Trinajstić information content (AvgIpc) is 2.69. The highest BCUT2D eigenvalue weighted by atomic mass is 16.3. The molecule has 98 valence electrons. The van der Waals surface area contributed by atoms with Gasteiger partial charge in [0, 0.05) is 6.04 Å². The molecule has 0 amide bonds. The number of nitrogens with two attached hydrogens (primary N) is 1. The van der Waals surface area contributed by atoms with E-state index in [4.69, 9.17) is 10.2 Å². The lowest BCUT2D eigenvalue weighted by Crippen LogP contribution is -2.38. The van der Waals surface area contributed by atoms with Crippen molar-refractivity contribution in [2.45, 2.75) is 25.4 Å². The van der Waals surface area contributed by atoms with Crippen LogP contribution in [0, 0.1) is 0 Å². The summed E-state index contributed by atoms with van der Waals surface area (Å²) in [5.41, 5.74) is 6.05. The molecule has 1 aromatic heterocycles. The minimum absolute atomic E-state index is 0.0607. The summed E-state index contributed by atoms with van der Waals surface area (Å²) in [6.07, 6.45) is 2.84. The minimum atomic E-state index is 0.0607. The molecule has 2 unspecified atom stereocenters. The van der Waals surface area contributed by atoms with Gasteiger partial charge in [-0.3, -0.25) is 4.90 Å². The third-order valence-electron chi connectivity index (χ3n) is 2.92.